The largest absolute Gasteiger partial charge is 0.207 e. The predicted molar refractivity (Wildman–Crippen MR) is 64.0 cm³/mol. The highest BCUT2D eigenvalue weighted by Crippen LogP contribution is 2.16. The van der Waals surface area contributed by atoms with Crippen molar-refractivity contribution in [2.75, 3.05) is 0 Å². The first-order chi connectivity index (χ1) is 6.49. The number of halogens is 1. The lowest BCUT2D eigenvalue weighted by Gasteiger charge is -2.01. The van der Waals surface area contributed by atoms with Crippen LogP contribution in [0.4, 0.5) is 4.39 Å². The summed E-state index contributed by atoms with van der Waals surface area (Å²) in [5.41, 5.74) is 2.70. The fourth-order valence-corrected chi connectivity index (χ4v) is 0.876. The van der Waals surface area contributed by atoms with Gasteiger partial charge >= 0.3 is 0 Å². The second-order valence-corrected chi connectivity index (χ2v) is 3.15. The van der Waals surface area contributed by atoms with Crippen LogP contribution in [0, 0.1) is 0 Å². The van der Waals surface area contributed by atoms with E-state index in [4.69, 9.17) is 0 Å². The molecule has 0 heterocycles. The maximum absolute atomic E-state index is 13.1. The van der Waals surface area contributed by atoms with E-state index >= 15 is 0 Å². The van der Waals surface area contributed by atoms with Crippen LogP contribution in [0.15, 0.2) is 35.2 Å². The van der Waals surface area contributed by atoms with E-state index in [-0.39, 0.29) is 5.83 Å². The highest BCUT2D eigenvalue weighted by molar-refractivity contribution is 5.31. The van der Waals surface area contributed by atoms with Gasteiger partial charge in [0.05, 0.1) is 0 Å². The molecule has 0 aromatic rings. The maximum Gasteiger partial charge on any atom is 0.125 e. The Morgan fingerprint density at radius 2 is 1.64 bits per heavy atom. The van der Waals surface area contributed by atoms with Gasteiger partial charge in [-0.05, 0) is 44.4 Å². The van der Waals surface area contributed by atoms with Crippen molar-refractivity contribution in [3.63, 3.8) is 0 Å². The van der Waals surface area contributed by atoms with Crippen LogP contribution in [0.25, 0.3) is 0 Å². The number of rotatable bonds is 3. The third-order valence-corrected chi connectivity index (χ3v) is 1.73. The van der Waals surface area contributed by atoms with Gasteiger partial charge in [-0.2, -0.15) is 0 Å². The molecule has 0 unspecified atom stereocenters. The van der Waals surface area contributed by atoms with E-state index in [0.717, 1.165) is 17.6 Å². The minimum Gasteiger partial charge on any atom is -0.207 e. The summed E-state index contributed by atoms with van der Waals surface area (Å²) in [6, 6.07) is 0. The summed E-state index contributed by atoms with van der Waals surface area (Å²) in [4.78, 5) is 0. The van der Waals surface area contributed by atoms with Crippen LogP contribution in [-0.2, 0) is 0 Å². The van der Waals surface area contributed by atoms with Gasteiger partial charge in [-0.15, -0.1) is 0 Å². The summed E-state index contributed by atoms with van der Waals surface area (Å²) in [6.45, 7) is 15.2. The molecule has 82 valence electrons. The fourth-order valence-electron chi connectivity index (χ4n) is 0.876. The number of hydrogen-bond acceptors (Lipinski definition) is 0. The molecule has 0 radical (unpaired) electrons. The van der Waals surface area contributed by atoms with E-state index in [0.29, 0.717) is 5.57 Å². The number of allylic oxidation sites excluding steroid dienone is 5. The second kappa shape index (κ2) is 8.74. The normalized spacial score (nSPS) is 10.1. The minimum atomic E-state index is -0.215. The lowest BCUT2D eigenvalue weighted by Crippen LogP contribution is -1.82. The molecule has 0 spiro atoms. The first kappa shape index (κ1) is 15.6. The molecule has 0 aliphatic rings. The van der Waals surface area contributed by atoms with E-state index in [9.17, 15) is 4.39 Å². The van der Waals surface area contributed by atoms with Gasteiger partial charge in [0, 0.05) is 0 Å². The van der Waals surface area contributed by atoms with Gasteiger partial charge in [0.2, 0.25) is 0 Å². The molecule has 0 N–H and O–H groups in total. The summed E-state index contributed by atoms with van der Waals surface area (Å²) in [7, 11) is 0. The van der Waals surface area contributed by atoms with E-state index in [2.05, 4.69) is 6.58 Å². The van der Waals surface area contributed by atoms with Crippen molar-refractivity contribution < 1.29 is 4.39 Å². The quantitative estimate of drug-likeness (QED) is 0.547. The Morgan fingerprint density at radius 1 is 1.21 bits per heavy atom. The molecule has 0 nitrogen and oxygen atoms in total. The van der Waals surface area contributed by atoms with Crippen molar-refractivity contribution in [1.29, 1.82) is 0 Å². The molecule has 0 saturated carbocycles. The highest BCUT2D eigenvalue weighted by atomic mass is 19.1. The first-order valence-corrected chi connectivity index (χ1v) is 5.18. The van der Waals surface area contributed by atoms with Crippen molar-refractivity contribution in [2.24, 2.45) is 0 Å². The van der Waals surface area contributed by atoms with Crippen molar-refractivity contribution in [3.05, 3.63) is 35.2 Å². The number of hydrogen-bond donors (Lipinski definition) is 0. The third kappa shape index (κ3) is 6.64. The van der Waals surface area contributed by atoms with E-state index in [1.165, 1.54) is 0 Å². The van der Waals surface area contributed by atoms with Gasteiger partial charge in [0.15, 0.2) is 0 Å². The lowest BCUT2D eigenvalue weighted by atomic mass is 10.1. The van der Waals surface area contributed by atoms with E-state index < -0.39 is 0 Å². The van der Waals surface area contributed by atoms with Gasteiger partial charge in [-0.1, -0.05) is 32.9 Å². The molecule has 0 aliphatic heterocycles. The fraction of sp³-hybridized carbons (Fsp3) is 0.538. The molecule has 0 aromatic heterocycles. The first-order valence-electron chi connectivity index (χ1n) is 5.18. The molecular formula is C13H23F. The Morgan fingerprint density at radius 3 is 1.86 bits per heavy atom. The average Bonchev–Trinajstić information content (AvgIpc) is 2.16. The second-order valence-electron chi connectivity index (χ2n) is 3.15. The molecule has 0 atom stereocenters. The zero-order valence-corrected chi connectivity index (χ0v) is 10.4. The van der Waals surface area contributed by atoms with Gasteiger partial charge in [-0.3, -0.25) is 0 Å². The standard InChI is InChI=1S/C11H17F.C2H6/c1-6-10(8(2)3)7-11(12)9(4)5;1-2/h7H,4,6H2,1-3,5H3;1-2H3/b11-7+;. The summed E-state index contributed by atoms with van der Waals surface area (Å²) in [5, 5.41) is 0. The van der Waals surface area contributed by atoms with Crippen LogP contribution in [0.2, 0.25) is 0 Å². The van der Waals surface area contributed by atoms with Crippen LogP contribution >= 0.6 is 0 Å². The highest BCUT2D eigenvalue weighted by Gasteiger charge is 1.98. The molecular weight excluding hydrogens is 175 g/mol. The van der Waals surface area contributed by atoms with E-state index in [1.54, 1.807) is 13.0 Å². The summed E-state index contributed by atoms with van der Waals surface area (Å²) < 4.78 is 13.1. The molecule has 0 aromatic carbocycles. The molecule has 0 amide bonds. The van der Waals surface area contributed by atoms with Crippen molar-refractivity contribution in [2.45, 2.75) is 48.0 Å². The Kier molecular flexibility index (Phi) is 9.74. The molecule has 0 saturated heterocycles. The zero-order valence-electron chi connectivity index (χ0n) is 10.4. The topological polar surface area (TPSA) is 0 Å². The van der Waals surface area contributed by atoms with Crippen LogP contribution < -0.4 is 0 Å². The maximum atomic E-state index is 13.1. The van der Waals surface area contributed by atoms with Crippen molar-refractivity contribution in [1.82, 2.24) is 0 Å². The Bertz CT molecular complexity index is 228. The van der Waals surface area contributed by atoms with Crippen LogP contribution in [0.3, 0.4) is 0 Å². The smallest absolute Gasteiger partial charge is 0.125 e. The van der Waals surface area contributed by atoms with Gasteiger partial charge in [0.1, 0.15) is 5.83 Å². The van der Waals surface area contributed by atoms with Crippen LogP contribution in [-0.4, -0.2) is 0 Å². The predicted octanol–water partition coefficient (Wildman–Crippen LogP) is 5.19. The molecule has 1 heteroatoms. The van der Waals surface area contributed by atoms with Gasteiger partial charge in [-0.25, -0.2) is 4.39 Å². The molecule has 0 fully saturated rings. The Hall–Kier alpha value is -0.850. The molecule has 0 bridgehead atoms. The van der Waals surface area contributed by atoms with E-state index in [1.807, 2.05) is 34.6 Å². The summed E-state index contributed by atoms with van der Waals surface area (Å²) >= 11 is 0. The van der Waals surface area contributed by atoms with Gasteiger partial charge in [0.25, 0.3) is 0 Å². The minimum absolute atomic E-state index is 0.215. The Balaban J connectivity index is 0. The molecule has 0 aliphatic carbocycles. The van der Waals surface area contributed by atoms with Crippen molar-refractivity contribution in [3.8, 4) is 0 Å². The Labute approximate surface area is 88.2 Å². The van der Waals surface area contributed by atoms with Gasteiger partial charge < -0.3 is 0 Å². The van der Waals surface area contributed by atoms with Crippen LogP contribution in [0.1, 0.15) is 48.0 Å². The van der Waals surface area contributed by atoms with Crippen molar-refractivity contribution >= 4 is 0 Å². The summed E-state index contributed by atoms with van der Waals surface area (Å²) in [5.74, 6) is -0.215. The molecule has 14 heavy (non-hydrogen) atoms. The molecule has 0 rings (SSSR count). The average molecular weight is 198 g/mol. The monoisotopic (exact) mass is 198 g/mol. The zero-order chi connectivity index (χ0) is 11.7. The summed E-state index contributed by atoms with van der Waals surface area (Å²) in [6.07, 6.45) is 2.43. The SMILES string of the molecule is C=C(C)/C(F)=C\C(CC)=C(C)C.CC. The third-order valence-electron chi connectivity index (χ3n) is 1.73. The van der Waals surface area contributed by atoms with Crippen LogP contribution in [0.5, 0.6) is 0 Å². The lowest BCUT2D eigenvalue weighted by molar-refractivity contribution is 0.650.